The molecule has 0 saturated heterocycles. The number of aryl methyl sites for hydroxylation is 1. The second-order valence-corrected chi connectivity index (χ2v) is 23.3. The van der Waals surface area contributed by atoms with Crippen molar-refractivity contribution in [3.05, 3.63) is 143 Å². The molecule has 2 aliphatic heterocycles. The quantitative estimate of drug-likeness (QED) is 0.131. The van der Waals surface area contributed by atoms with E-state index < -0.39 is 13.7 Å². The van der Waals surface area contributed by atoms with E-state index in [-0.39, 0.29) is 5.41 Å². The molecule has 5 heterocycles. The van der Waals surface area contributed by atoms with E-state index in [2.05, 4.69) is 190 Å². The molecule has 2 aliphatic rings. The molecule has 5 aromatic carbocycles. The number of rotatable bonds is 4. The lowest BCUT2D eigenvalue weighted by molar-refractivity contribution is -0.944. The van der Waals surface area contributed by atoms with Crippen molar-refractivity contribution >= 4 is 46.2 Å². The molecule has 268 valence electrons. The predicted molar refractivity (Wildman–Crippen MR) is 225 cm³/mol. The van der Waals surface area contributed by atoms with Gasteiger partial charge in [0, 0.05) is 27.6 Å². The first-order chi connectivity index (χ1) is 25.8. The van der Waals surface area contributed by atoms with Crippen LogP contribution in [0.4, 0.5) is 0 Å². The van der Waals surface area contributed by atoms with Gasteiger partial charge in [-0.25, -0.2) is 0 Å². The normalized spacial score (nSPS) is 16.2. The number of imidazole rings is 1. The molecule has 0 saturated carbocycles. The average Bonchev–Trinajstić information content (AvgIpc) is 3.83. The van der Waals surface area contributed by atoms with E-state index in [4.69, 9.17) is 4.42 Å². The molecular weight excluding hydrogens is 675 g/mol. The first-order valence-corrected chi connectivity index (χ1v) is 23.1. The Kier molecular flexibility index (Phi) is 6.87. The van der Waals surface area contributed by atoms with Crippen molar-refractivity contribution in [2.24, 2.45) is 5.92 Å². The highest BCUT2D eigenvalue weighted by molar-refractivity contribution is 6.89. The lowest BCUT2D eigenvalue weighted by Crippen LogP contribution is -2.72. The number of hydrogen-bond acceptors (Lipinski definition) is 1. The van der Waals surface area contributed by atoms with Gasteiger partial charge in [0.1, 0.15) is 16.8 Å². The number of nitrogens with zero attached hydrogens (tertiary/aromatic N) is 3. The standard InChI is InChI=1S/C49H49N3OSi/c1-30(2)26-32-28-42-35-23-22-31(3)27-38(35)49(50(42)29-44(32)54(7,8)9)37-25-24-34-33-16-10-15-21-43(33)53-46(34)45(37)47-51(40-19-13-14-20-41(40)52(47)49)39-18-12-11-17-36(39)48(4,5)6/h10-25,27-30H,26H2,1-9H3/q+2. The fraction of sp³-hybridized carbons (Fsp3) is 0.265. The molecule has 0 amide bonds. The Hall–Kier alpha value is -5.26. The molecule has 3 aromatic heterocycles. The Bertz CT molecular complexity index is 2880. The summed E-state index contributed by atoms with van der Waals surface area (Å²) in [7, 11) is -1.80. The highest BCUT2D eigenvalue weighted by Gasteiger charge is 2.67. The molecule has 0 radical (unpaired) electrons. The zero-order valence-electron chi connectivity index (χ0n) is 33.0. The van der Waals surface area contributed by atoms with Crippen LogP contribution in [0.15, 0.2) is 120 Å². The van der Waals surface area contributed by atoms with Crippen molar-refractivity contribution in [1.29, 1.82) is 0 Å². The van der Waals surface area contributed by atoms with Crippen molar-refractivity contribution in [2.45, 2.75) is 78.7 Å². The van der Waals surface area contributed by atoms with Crippen molar-refractivity contribution < 1.29 is 13.6 Å². The van der Waals surface area contributed by atoms with Crippen LogP contribution in [-0.4, -0.2) is 12.6 Å². The van der Waals surface area contributed by atoms with Crippen molar-refractivity contribution in [2.75, 3.05) is 0 Å². The zero-order valence-corrected chi connectivity index (χ0v) is 34.0. The van der Waals surface area contributed by atoms with Crippen LogP contribution in [0.3, 0.4) is 0 Å². The first-order valence-electron chi connectivity index (χ1n) is 19.6. The van der Waals surface area contributed by atoms with Crippen LogP contribution in [0.5, 0.6) is 0 Å². The summed E-state index contributed by atoms with van der Waals surface area (Å²) in [6.07, 6.45) is 3.65. The van der Waals surface area contributed by atoms with E-state index in [9.17, 15) is 0 Å². The molecular formula is C49H49N3OSi+2. The lowest BCUT2D eigenvalue weighted by atomic mass is 9.85. The summed E-state index contributed by atoms with van der Waals surface area (Å²) in [5.74, 6) is 1.72. The molecule has 1 unspecified atom stereocenters. The number of fused-ring (bicyclic) bond motifs is 16. The van der Waals surface area contributed by atoms with Gasteiger partial charge in [0.15, 0.2) is 22.8 Å². The van der Waals surface area contributed by atoms with Crippen molar-refractivity contribution in [3.8, 4) is 28.3 Å². The predicted octanol–water partition coefficient (Wildman–Crippen LogP) is 10.7. The highest BCUT2D eigenvalue weighted by atomic mass is 28.3. The van der Waals surface area contributed by atoms with E-state index in [1.54, 1.807) is 0 Å². The summed E-state index contributed by atoms with van der Waals surface area (Å²) < 4.78 is 15.0. The largest absolute Gasteiger partial charge is 0.455 e. The lowest BCUT2D eigenvalue weighted by Gasteiger charge is -2.24. The first kappa shape index (κ1) is 33.3. The molecule has 0 bridgehead atoms. The molecule has 0 fully saturated rings. The number of benzene rings is 5. The molecule has 10 rings (SSSR count). The van der Waals surface area contributed by atoms with E-state index in [0.29, 0.717) is 5.92 Å². The maximum atomic E-state index is 7.05. The van der Waals surface area contributed by atoms with Crippen molar-refractivity contribution in [3.63, 3.8) is 0 Å². The Balaban J connectivity index is 1.47. The van der Waals surface area contributed by atoms with Gasteiger partial charge in [0.05, 0.1) is 24.8 Å². The number of para-hydroxylation sites is 4. The molecule has 8 aromatic rings. The Morgan fingerprint density at radius 3 is 2.31 bits per heavy atom. The van der Waals surface area contributed by atoms with Gasteiger partial charge in [0.25, 0.3) is 0 Å². The number of furan rings is 1. The van der Waals surface area contributed by atoms with Crippen LogP contribution in [0.1, 0.15) is 62.4 Å². The average molecular weight is 724 g/mol. The Labute approximate surface area is 319 Å². The summed E-state index contributed by atoms with van der Waals surface area (Å²) in [5, 5.41) is 3.83. The van der Waals surface area contributed by atoms with Crippen LogP contribution in [0, 0.1) is 12.8 Å². The summed E-state index contributed by atoms with van der Waals surface area (Å²) >= 11 is 0. The molecule has 0 N–H and O–H groups in total. The van der Waals surface area contributed by atoms with Crippen LogP contribution in [-0.2, 0) is 17.5 Å². The molecule has 1 spiro atoms. The summed E-state index contributed by atoms with van der Waals surface area (Å²) in [6, 6.07) is 41.0. The smallest absolute Gasteiger partial charge is 0.364 e. The van der Waals surface area contributed by atoms with E-state index in [0.717, 1.165) is 39.7 Å². The SMILES string of the molecule is Cc1ccc2c(c1)C1(c3ccc4c(oc5ccccc54)c3-c3n(-c4ccccc4C(C)(C)C)c4ccccc4[n+]31)[n+]1cc([Si](C)(C)C)c(CC(C)C)cc1-2. The Morgan fingerprint density at radius 1 is 0.796 bits per heavy atom. The molecule has 5 heteroatoms. The monoisotopic (exact) mass is 723 g/mol. The summed E-state index contributed by atoms with van der Waals surface area (Å²) in [5.41, 5.74) is 15.1. The van der Waals surface area contributed by atoms with Gasteiger partial charge >= 0.3 is 11.5 Å². The van der Waals surface area contributed by atoms with Crippen LogP contribution >= 0.6 is 0 Å². The fourth-order valence-corrected chi connectivity index (χ4v) is 11.5. The van der Waals surface area contributed by atoms with Crippen LogP contribution < -0.4 is 14.3 Å². The number of pyridine rings is 1. The number of hydrogen-bond donors (Lipinski definition) is 0. The van der Waals surface area contributed by atoms with Gasteiger partial charge in [-0.3, -0.25) is 0 Å². The van der Waals surface area contributed by atoms with E-state index >= 15 is 0 Å². The van der Waals surface area contributed by atoms with Crippen LogP contribution in [0.2, 0.25) is 19.6 Å². The fourth-order valence-electron chi connectivity index (χ4n) is 9.85. The zero-order chi connectivity index (χ0) is 37.5. The molecule has 0 aliphatic carbocycles. The van der Waals surface area contributed by atoms with E-state index in [1.165, 1.54) is 61.0 Å². The maximum Gasteiger partial charge on any atom is 0.364 e. The summed E-state index contributed by atoms with van der Waals surface area (Å²) in [4.78, 5) is 0. The minimum atomic E-state index is -1.80. The van der Waals surface area contributed by atoms with Gasteiger partial charge < -0.3 is 4.42 Å². The molecule has 54 heavy (non-hydrogen) atoms. The second kappa shape index (κ2) is 11.1. The third-order valence-corrected chi connectivity index (χ3v) is 14.1. The Morgan fingerprint density at radius 2 is 1.54 bits per heavy atom. The van der Waals surface area contributed by atoms with Gasteiger partial charge in [-0.05, 0) is 78.8 Å². The van der Waals surface area contributed by atoms with Gasteiger partial charge in [-0.1, -0.05) is 114 Å². The minimum absolute atomic E-state index is 0.0819. The maximum absolute atomic E-state index is 7.05. The third kappa shape index (κ3) is 4.36. The van der Waals surface area contributed by atoms with Crippen LogP contribution in [0.25, 0.3) is 61.3 Å². The second-order valence-electron chi connectivity index (χ2n) is 18.3. The number of aromatic nitrogens is 3. The molecule has 1 atom stereocenters. The van der Waals surface area contributed by atoms with Gasteiger partial charge in [-0.15, -0.1) is 9.13 Å². The summed E-state index contributed by atoms with van der Waals surface area (Å²) in [6.45, 7) is 21.4. The molecule has 4 nitrogen and oxygen atoms in total. The van der Waals surface area contributed by atoms with Crippen molar-refractivity contribution in [1.82, 2.24) is 4.57 Å². The van der Waals surface area contributed by atoms with Gasteiger partial charge in [-0.2, -0.15) is 4.57 Å². The third-order valence-electron chi connectivity index (χ3n) is 12.0. The highest BCUT2D eigenvalue weighted by Crippen LogP contribution is 2.53. The van der Waals surface area contributed by atoms with Gasteiger partial charge in [0.2, 0.25) is 5.69 Å². The van der Waals surface area contributed by atoms with E-state index in [1.807, 2.05) is 0 Å². The minimum Gasteiger partial charge on any atom is -0.455 e. The topological polar surface area (TPSA) is 25.8 Å².